The van der Waals surface area contributed by atoms with Crippen LogP contribution >= 0.6 is 11.3 Å². The number of sulfonamides is 1. The molecule has 9 nitrogen and oxygen atoms in total. The Kier molecular flexibility index (Phi) is 7.24. The summed E-state index contributed by atoms with van der Waals surface area (Å²) in [7, 11) is -3.55. The van der Waals surface area contributed by atoms with E-state index in [0.717, 1.165) is 35.4 Å². The molecule has 1 amide bonds. The molecule has 1 aromatic heterocycles. The molecule has 2 aromatic carbocycles. The molecule has 1 N–H and O–H groups in total. The second-order valence-electron chi connectivity index (χ2n) is 8.58. The van der Waals surface area contributed by atoms with Crippen LogP contribution in [0.15, 0.2) is 57.7 Å². The van der Waals surface area contributed by atoms with Gasteiger partial charge in [0.25, 0.3) is 5.91 Å². The number of thiazole rings is 1. The SMILES string of the molecule is CCCCn1c(-c2ccc3c(c2)NC(=O)CO3)csc1=Nc1ccc(S(=O)(=O)N2CCOCC2)cc1. The Balaban J connectivity index is 1.46. The Morgan fingerprint density at radius 3 is 2.64 bits per heavy atom. The van der Waals surface area contributed by atoms with E-state index in [0.29, 0.717) is 43.4 Å². The van der Waals surface area contributed by atoms with Gasteiger partial charge in [-0.25, -0.2) is 13.4 Å². The fourth-order valence-corrected chi connectivity index (χ4v) is 6.53. The number of fused-ring (bicyclic) bond motifs is 1. The zero-order valence-corrected chi connectivity index (χ0v) is 21.6. The van der Waals surface area contributed by atoms with Gasteiger partial charge in [-0.3, -0.25) is 4.79 Å². The molecule has 0 spiro atoms. The van der Waals surface area contributed by atoms with E-state index in [1.54, 1.807) is 24.3 Å². The van der Waals surface area contributed by atoms with Gasteiger partial charge in [0, 0.05) is 30.6 Å². The van der Waals surface area contributed by atoms with Gasteiger partial charge >= 0.3 is 0 Å². The summed E-state index contributed by atoms with van der Waals surface area (Å²) in [4.78, 5) is 17.7. The molecule has 2 aliphatic heterocycles. The number of rotatable bonds is 7. The molecular formula is C25H28N4O5S2. The number of nitrogens with zero attached hydrogens (tertiary/aromatic N) is 3. The quantitative estimate of drug-likeness (QED) is 0.505. The van der Waals surface area contributed by atoms with Gasteiger partial charge in [-0.1, -0.05) is 13.3 Å². The van der Waals surface area contributed by atoms with Crippen LogP contribution in [0.3, 0.4) is 0 Å². The first-order valence-corrected chi connectivity index (χ1v) is 14.3. The highest BCUT2D eigenvalue weighted by Crippen LogP contribution is 2.33. The van der Waals surface area contributed by atoms with E-state index < -0.39 is 10.0 Å². The average molecular weight is 529 g/mol. The van der Waals surface area contributed by atoms with Crippen molar-refractivity contribution in [2.45, 2.75) is 31.2 Å². The van der Waals surface area contributed by atoms with Crippen LogP contribution in [0.4, 0.5) is 11.4 Å². The van der Waals surface area contributed by atoms with Gasteiger partial charge in [0.1, 0.15) is 5.75 Å². The summed E-state index contributed by atoms with van der Waals surface area (Å²) in [5.74, 6) is 0.490. The predicted molar refractivity (Wildman–Crippen MR) is 138 cm³/mol. The fraction of sp³-hybridized carbons (Fsp3) is 0.360. The van der Waals surface area contributed by atoms with E-state index in [4.69, 9.17) is 14.5 Å². The molecule has 0 unspecified atom stereocenters. The van der Waals surface area contributed by atoms with Crippen LogP contribution in [0, 0.1) is 0 Å². The first kappa shape index (κ1) is 24.7. The lowest BCUT2D eigenvalue weighted by Gasteiger charge is -2.26. The molecule has 0 aliphatic carbocycles. The summed E-state index contributed by atoms with van der Waals surface area (Å²) in [5, 5.41) is 4.92. The summed E-state index contributed by atoms with van der Waals surface area (Å²) in [6.07, 6.45) is 2.02. The third-order valence-electron chi connectivity index (χ3n) is 6.11. The minimum Gasteiger partial charge on any atom is -0.482 e. The molecule has 0 saturated carbocycles. The second kappa shape index (κ2) is 10.6. The van der Waals surface area contributed by atoms with Crippen molar-refractivity contribution in [2.75, 3.05) is 38.2 Å². The number of benzene rings is 2. The molecule has 1 saturated heterocycles. The lowest BCUT2D eigenvalue weighted by atomic mass is 10.1. The van der Waals surface area contributed by atoms with Crippen molar-refractivity contribution >= 4 is 38.6 Å². The molecule has 3 aromatic rings. The van der Waals surface area contributed by atoms with Crippen molar-refractivity contribution in [1.29, 1.82) is 0 Å². The maximum atomic E-state index is 12.9. The lowest BCUT2D eigenvalue weighted by Crippen LogP contribution is -2.40. The second-order valence-corrected chi connectivity index (χ2v) is 11.4. The number of morpholine rings is 1. The van der Waals surface area contributed by atoms with E-state index in [-0.39, 0.29) is 17.4 Å². The van der Waals surface area contributed by atoms with Crippen LogP contribution in [-0.4, -0.2) is 56.1 Å². The summed E-state index contributed by atoms with van der Waals surface area (Å²) in [5.41, 5.74) is 3.30. The number of aromatic nitrogens is 1. The van der Waals surface area contributed by atoms with E-state index in [2.05, 4.69) is 22.2 Å². The van der Waals surface area contributed by atoms with Crippen molar-refractivity contribution in [1.82, 2.24) is 8.87 Å². The van der Waals surface area contributed by atoms with Crippen molar-refractivity contribution in [3.63, 3.8) is 0 Å². The van der Waals surface area contributed by atoms with Crippen molar-refractivity contribution < 1.29 is 22.7 Å². The van der Waals surface area contributed by atoms with Crippen molar-refractivity contribution in [3.8, 4) is 17.0 Å². The number of carbonyl (C=O) groups excluding carboxylic acids is 1. The van der Waals surface area contributed by atoms with Gasteiger partial charge in [-0.2, -0.15) is 4.31 Å². The van der Waals surface area contributed by atoms with Gasteiger partial charge < -0.3 is 19.4 Å². The Morgan fingerprint density at radius 2 is 1.89 bits per heavy atom. The third kappa shape index (κ3) is 5.10. The summed E-state index contributed by atoms with van der Waals surface area (Å²) >= 11 is 1.52. The maximum Gasteiger partial charge on any atom is 0.262 e. The molecule has 2 aliphatic rings. The van der Waals surface area contributed by atoms with Crippen LogP contribution in [-0.2, 0) is 26.1 Å². The molecule has 5 rings (SSSR count). The highest BCUT2D eigenvalue weighted by molar-refractivity contribution is 7.89. The van der Waals surface area contributed by atoms with Gasteiger partial charge in [-0.05, 0) is 48.9 Å². The van der Waals surface area contributed by atoms with Crippen LogP contribution in [0.5, 0.6) is 5.75 Å². The number of hydrogen-bond acceptors (Lipinski definition) is 7. The molecule has 0 radical (unpaired) electrons. The molecule has 0 bridgehead atoms. The standard InChI is InChI=1S/C25H28N4O5S2/c1-2-3-10-29-22(18-4-9-23-21(15-18)27-24(30)16-34-23)17-35-25(29)26-19-5-7-20(8-6-19)36(31,32)28-11-13-33-14-12-28/h4-9,15,17H,2-3,10-14,16H2,1H3,(H,27,30). The normalized spacial score (nSPS) is 16.9. The Bertz CT molecular complexity index is 1420. The minimum atomic E-state index is -3.55. The average Bonchev–Trinajstić information content (AvgIpc) is 3.29. The molecule has 190 valence electrons. The fourth-order valence-electron chi connectivity index (χ4n) is 4.16. The largest absolute Gasteiger partial charge is 0.482 e. The van der Waals surface area contributed by atoms with Crippen LogP contribution in [0.25, 0.3) is 11.3 Å². The monoisotopic (exact) mass is 528 g/mol. The number of carbonyl (C=O) groups is 1. The van der Waals surface area contributed by atoms with Gasteiger partial charge in [0.15, 0.2) is 11.4 Å². The van der Waals surface area contributed by atoms with Crippen LogP contribution in [0.1, 0.15) is 19.8 Å². The number of unbranched alkanes of at least 4 members (excludes halogenated alkanes) is 1. The first-order chi connectivity index (χ1) is 17.5. The smallest absolute Gasteiger partial charge is 0.262 e. The van der Waals surface area contributed by atoms with E-state index in [1.165, 1.54) is 15.6 Å². The van der Waals surface area contributed by atoms with Crippen molar-refractivity contribution in [2.24, 2.45) is 4.99 Å². The zero-order valence-electron chi connectivity index (χ0n) is 20.0. The summed E-state index contributed by atoms with van der Waals surface area (Å²) in [6, 6.07) is 12.5. The van der Waals surface area contributed by atoms with Gasteiger partial charge in [-0.15, -0.1) is 11.3 Å². The zero-order chi connectivity index (χ0) is 25.1. The van der Waals surface area contributed by atoms with Crippen molar-refractivity contribution in [3.05, 3.63) is 52.6 Å². The Morgan fingerprint density at radius 1 is 1.11 bits per heavy atom. The Labute approximate surface area is 214 Å². The van der Waals surface area contributed by atoms with Gasteiger partial charge in [0.05, 0.1) is 35.2 Å². The lowest BCUT2D eigenvalue weighted by molar-refractivity contribution is -0.118. The highest BCUT2D eigenvalue weighted by Gasteiger charge is 2.26. The van der Waals surface area contributed by atoms with Gasteiger partial charge in [0.2, 0.25) is 10.0 Å². The summed E-state index contributed by atoms with van der Waals surface area (Å²) in [6.45, 7) is 4.51. The highest BCUT2D eigenvalue weighted by atomic mass is 32.2. The number of nitrogens with one attached hydrogen (secondary N) is 1. The van der Waals surface area contributed by atoms with E-state index >= 15 is 0 Å². The number of ether oxygens (including phenoxy) is 2. The molecule has 36 heavy (non-hydrogen) atoms. The molecule has 3 heterocycles. The molecule has 0 atom stereocenters. The molecule has 11 heteroatoms. The minimum absolute atomic E-state index is 0.0247. The van der Waals surface area contributed by atoms with Crippen LogP contribution in [0.2, 0.25) is 0 Å². The topological polar surface area (TPSA) is 102 Å². The van der Waals surface area contributed by atoms with Crippen LogP contribution < -0.4 is 14.9 Å². The molecular weight excluding hydrogens is 500 g/mol. The third-order valence-corrected chi connectivity index (χ3v) is 8.89. The molecule has 1 fully saturated rings. The number of hydrogen-bond donors (Lipinski definition) is 1. The van der Waals surface area contributed by atoms with E-state index in [1.807, 2.05) is 18.2 Å². The Hall–Kier alpha value is -2.99. The number of anilines is 1. The van der Waals surface area contributed by atoms with E-state index in [9.17, 15) is 13.2 Å². The first-order valence-electron chi connectivity index (χ1n) is 11.9. The maximum absolute atomic E-state index is 12.9. The summed E-state index contributed by atoms with van der Waals surface area (Å²) < 4.78 is 40.2. The number of amides is 1. The predicted octanol–water partition coefficient (Wildman–Crippen LogP) is 3.60.